The van der Waals surface area contributed by atoms with E-state index in [1.807, 2.05) is 24.4 Å². The third-order valence-corrected chi connectivity index (χ3v) is 3.13. The average molecular weight is 253 g/mol. The molecule has 3 aromatic rings. The fraction of sp³-hybridized carbons (Fsp3) is 0.200. The van der Waals surface area contributed by atoms with E-state index in [0.29, 0.717) is 0 Å². The molecule has 0 fully saturated rings. The van der Waals surface area contributed by atoms with E-state index in [9.17, 15) is 0 Å². The predicted molar refractivity (Wildman–Crippen MR) is 74.3 cm³/mol. The van der Waals surface area contributed by atoms with Gasteiger partial charge in [-0.15, -0.1) is 5.10 Å². The van der Waals surface area contributed by atoms with Gasteiger partial charge in [0.25, 0.3) is 0 Å². The van der Waals surface area contributed by atoms with Gasteiger partial charge in [0.05, 0.1) is 17.6 Å². The summed E-state index contributed by atoms with van der Waals surface area (Å²) in [5.74, 6) is 0. The Morgan fingerprint density at radius 1 is 1.05 bits per heavy atom. The highest BCUT2D eigenvalue weighted by atomic mass is 16.2. The highest BCUT2D eigenvalue weighted by Gasteiger charge is 2.03. The number of nitrogens with zero attached hydrogens (tertiary/aromatic N) is 3. The zero-order chi connectivity index (χ0) is 13.1. The van der Waals surface area contributed by atoms with Gasteiger partial charge in [-0.05, 0) is 35.7 Å². The topological polar surface area (TPSA) is 50.9 Å². The summed E-state index contributed by atoms with van der Waals surface area (Å²) in [6, 6.07) is 14.5. The Kier molecular flexibility index (Phi) is 3.25. The molecule has 0 saturated carbocycles. The number of aliphatic hydroxyl groups is 1. The summed E-state index contributed by atoms with van der Waals surface area (Å²) < 4.78 is 1.78. The molecule has 4 heteroatoms. The standard InChI is InChI=1S/C15H15N3O/c19-9-3-6-14-11-18(17-16-14)15-8-7-12-4-1-2-5-13(12)10-15/h1-2,4-5,7-8,10-11,19H,3,6,9H2. The molecule has 0 spiro atoms. The van der Waals surface area contributed by atoms with E-state index in [1.54, 1.807) is 4.68 Å². The fourth-order valence-electron chi connectivity index (χ4n) is 2.12. The molecule has 0 atom stereocenters. The smallest absolute Gasteiger partial charge is 0.0832 e. The number of rotatable bonds is 4. The molecule has 1 N–H and O–H groups in total. The average Bonchev–Trinajstić information content (AvgIpc) is 2.93. The minimum Gasteiger partial charge on any atom is -0.396 e. The Labute approximate surface area is 111 Å². The molecule has 0 aliphatic rings. The lowest BCUT2D eigenvalue weighted by Crippen LogP contribution is -1.94. The number of aromatic nitrogens is 3. The highest BCUT2D eigenvalue weighted by molar-refractivity contribution is 5.84. The highest BCUT2D eigenvalue weighted by Crippen LogP contribution is 2.18. The first kappa shape index (κ1) is 11.9. The van der Waals surface area contributed by atoms with E-state index in [4.69, 9.17) is 5.11 Å². The van der Waals surface area contributed by atoms with Crippen molar-refractivity contribution in [1.29, 1.82) is 0 Å². The summed E-state index contributed by atoms with van der Waals surface area (Å²) in [5.41, 5.74) is 1.91. The first-order valence-electron chi connectivity index (χ1n) is 6.38. The molecule has 96 valence electrons. The molecule has 0 unspecified atom stereocenters. The summed E-state index contributed by atoms with van der Waals surface area (Å²) in [7, 11) is 0. The van der Waals surface area contributed by atoms with Gasteiger partial charge in [0.1, 0.15) is 0 Å². The molecule has 0 bridgehead atoms. The van der Waals surface area contributed by atoms with Crippen LogP contribution >= 0.6 is 0 Å². The molecule has 0 radical (unpaired) electrons. The van der Waals surface area contributed by atoms with E-state index in [0.717, 1.165) is 24.2 Å². The van der Waals surface area contributed by atoms with Crippen LogP contribution < -0.4 is 0 Å². The van der Waals surface area contributed by atoms with Crippen molar-refractivity contribution in [2.75, 3.05) is 6.61 Å². The molecule has 19 heavy (non-hydrogen) atoms. The number of aliphatic hydroxyl groups excluding tert-OH is 1. The Hall–Kier alpha value is -2.20. The van der Waals surface area contributed by atoms with E-state index in [-0.39, 0.29) is 6.61 Å². The molecule has 0 aliphatic heterocycles. The largest absolute Gasteiger partial charge is 0.396 e. The predicted octanol–water partition coefficient (Wildman–Crippen LogP) is 2.35. The summed E-state index contributed by atoms with van der Waals surface area (Å²) >= 11 is 0. The summed E-state index contributed by atoms with van der Waals surface area (Å²) in [5, 5.41) is 19.5. The van der Waals surface area contributed by atoms with Crippen molar-refractivity contribution in [3.63, 3.8) is 0 Å². The molecule has 3 rings (SSSR count). The van der Waals surface area contributed by atoms with Crippen molar-refractivity contribution in [2.24, 2.45) is 0 Å². The fourth-order valence-corrected chi connectivity index (χ4v) is 2.12. The van der Waals surface area contributed by atoms with Crippen molar-refractivity contribution in [3.05, 3.63) is 54.4 Å². The lowest BCUT2D eigenvalue weighted by atomic mass is 10.1. The van der Waals surface area contributed by atoms with Crippen molar-refractivity contribution in [1.82, 2.24) is 15.0 Å². The third-order valence-electron chi connectivity index (χ3n) is 3.13. The van der Waals surface area contributed by atoms with Crippen LogP contribution in [0, 0.1) is 0 Å². The zero-order valence-corrected chi connectivity index (χ0v) is 10.5. The second-order valence-electron chi connectivity index (χ2n) is 4.51. The maximum atomic E-state index is 8.81. The Morgan fingerprint density at radius 2 is 1.89 bits per heavy atom. The first-order chi connectivity index (χ1) is 9.36. The number of hydrogen-bond donors (Lipinski definition) is 1. The Bertz CT molecular complexity index is 690. The van der Waals surface area contributed by atoms with E-state index >= 15 is 0 Å². The summed E-state index contributed by atoms with van der Waals surface area (Å²) in [6.07, 6.45) is 3.39. The SMILES string of the molecule is OCCCc1cn(-c2ccc3ccccc3c2)nn1. The molecule has 4 nitrogen and oxygen atoms in total. The van der Waals surface area contributed by atoms with Gasteiger partial charge < -0.3 is 5.11 Å². The van der Waals surface area contributed by atoms with Crippen molar-refractivity contribution >= 4 is 10.8 Å². The second kappa shape index (κ2) is 5.20. The van der Waals surface area contributed by atoms with Crippen LogP contribution in [0.1, 0.15) is 12.1 Å². The second-order valence-corrected chi connectivity index (χ2v) is 4.51. The quantitative estimate of drug-likeness (QED) is 0.776. The lowest BCUT2D eigenvalue weighted by Gasteiger charge is -2.02. The van der Waals surface area contributed by atoms with E-state index in [2.05, 4.69) is 34.6 Å². The molecule has 0 amide bonds. The van der Waals surface area contributed by atoms with Crippen LogP contribution in [0.3, 0.4) is 0 Å². The maximum absolute atomic E-state index is 8.81. The minimum absolute atomic E-state index is 0.183. The number of aryl methyl sites for hydroxylation is 1. The summed E-state index contributed by atoms with van der Waals surface area (Å²) in [6.45, 7) is 0.183. The molecule has 2 aromatic carbocycles. The molecule has 0 saturated heterocycles. The van der Waals surface area contributed by atoms with E-state index in [1.165, 1.54) is 10.8 Å². The maximum Gasteiger partial charge on any atom is 0.0832 e. The van der Waals surface area contributed by atoms with Crippen LogP contribution in [0.15, 0.2) is 48.7 Å². The number of benzene rings is 2. The summed E-state index contributed by atoms with van der Waals surface area (Å²) in [4.78, 5) is 0. The van der Waals surface area contributed by atoms with Gasteiger partial charge in [-0.25, -0.2) is 4.68 Å². The number of fused-ring (bicyclic) bond motifs is 1. The van der Waals surface area contributed by atoms with Crippen LogP contribution in [-0.4, -0.2) is 26.7 Å². The van der Waals surface area contributed by atoms with Crippen molar-refractivity contribution < 1.29 is 5.11 Å². The monoisotopic (exact) mass is 253 g/mol. The van der Waals surface area contributed by atoms with Gasteiger partial charge >= 0.3 is 0 Å². The molecule has 1 aromatic heterocycles. The molecular weight excluding hydrogens is 238 g/mol. The van der Waals surface area contributed by atoms with Crippen LogP contribution in [0.4, 0.5) is 0 Å². The van der Waals surface area contributed by atoms with Gasteiger partial charge in [-0.2, -0.15) is 0 Å². The zero-order valence-electron chi connectivity index (χ0n) is 10.5. The third kappa shape index (κ3) is 2.48. The molecular formula is C15H15N3O. The van der Waals surface area contributed by atoms with Crippen LogP contribution in [0.5, 0.6) is 0 Å². The normalized spacial score (nSPS) is 11.0. The van der Waals surface area contributed by atoms with Crippen molar-refractivity contribution in [2.45, 2.75) is 12.8 Å². The Balaban J connectivity index is 1.92. The van der Waals surface area contributed by atoms with Crippen LogP contribution in [0.2, 0.25) is 0 Å². The number of hydrogen-bond acceptors (Lipinski definition) is 3. The van der Waals surface area contributed by atoms with Gasteiger partial charge in [0.15, 0.2) is 0 Å². The molecule has 0 aliphatic carbocycles. The van der Waals surface area contributed by atoms with Crippen molar-refractivity contribution in [3.8, 4) is 5.69 Å². The van der Waals surface area contributed by atoms with Crippen LogP contribution in [-0.2, 0) is 6.42 Å². The minimum atomic E-state index is 0.183. The van der Waals surface area contributed by atoms with Crippen LogP contribution in [0.25, 0.3) is 16.5 Å². The van der Waals surface area contributed by atoms with Gasteiger partial charge in [-0.1, -0.05) is 35.5 Å². The van der Waals surface area contributed by atoms with Gasteiger partial charge in [0.2, 0.25) is 0 Å². The van der Waals surface area contributed by atoms with E-state index < -0.39 is 0 Å². The Morgan fingerprint density at radius 3 is 2.74 bits per heavy atom. The molecule has 1 heterocycles. The van der Waals surface area contributed by atoms with Gasteiger partial charge in [-0.3, -0.25) is 0 Å². The first-order valence-corrected chi connectivity index (χ1v) is 6.38. The van der Waals surface area contributed by atoms with Gasteiger partial charge in [0, 0.05) is 6.61 Å². The lowest BCUT2D eigenvalue weighted by molar-refractivity contribution is 0.288.